The van der Waals surface area contributed by atoms with E-state index in [9.17, 15) is 0 Å². The quantitative estimate of drug-likeness (QED) is 0.330. The van der Waals surface area contributed by atoms with Crippen LogP contribution in [-0.2, 0) is 16.4 Å². The van der Waals surface area contributed by atoms with Crippen molar-refractivity contribution in [2.45, 2.75) is 6.61 Å². The molecule has 1 heterocycles. The summed E-state index contributed by atoms with van der Waals surface area (Å²) >= 11 is 11.2. The standard InChI is InChI=1S/C6H6Cl2N2O2/c1-11-12-3-4-2-9-6(8)10-5(4)7/h2H,3H2,1H3. The number of aromatic nitrogens is 2. The first-order chi connectivity index (χ1) is 5.74. The summed E-state index contributed by atoms with van der Waals surface area (Å²) in [6.45, 7) is 0.201. The Bertz CT molecular complexity index is 270. The SMILES string of the molecule is COOCc1cnc(Cl)nc1Cl. The molecule has 0 aliphatic heterocycles. The zero-order chi connectivity index (χ0) is 8.97. The van der Waals surface area contributed by atoms with Crippen LogP contribution in [0.15, 0.2) is 6.20 Å². The maximum atomic E-state index is 5.69. The van der Waals surface area contributed by atoms with Crippen LogP contribution >= 0.6 is 23.2 Å². The van der Waals surface area contributed by atoms with Gasteiger partial charge in [0.25, 0.3) is 0 Å². The minimum atomic E-state index is 0.112. The zero-order valence-electron chi connectivity index (χ0n) is 6.25. The summed E-state index contributed by atoms with van der Waals surface area (Å²) in [5.41, 5.74) is 0.628. The second-order valence-electron chi connectivity index (χ2n) is 1.88. The van der Waals surface area contributed by atoms with E-state index >= 15 is 0 Å². The first kappa shape index (κ1) is 9.67. The lowest BCUT2D eigenvalue weighted by Gasteiger charge is -2.01. The molecule has 12 heavy (non-hydrogen) atoms. The van der Waals surface area contributed by atoms with Crippen molar-refractivity contribution >= 4 is 23.2 Å². The van der Waals surface area contributed by atoms with Gasteiger partial charge >= 0.3 is 0 Å². The highest BCUT2D eigenvalue weighted by molar-refractivity contribution is 6.32. The van der Waals surface area contributed by atoms with Crippen molar-refractivity contribution in [3.8, 4) is 0 Å². The molecule has 0 amide bonds. The lowest BCUT2D eigenvalue weighted by Crippen LogP contribution is -1.95. The topological polar surface area (TPSA) is 44.2 Å². The second-order valence-corrected chi connectivity index (χ2v) is 2.58. The monoisotopic (exact) mass is 208 g/mol. The van der Waals surface area contributed by atoms with Gasteiger partial charge in [-0.25, -0.2) is 19.7 Å². The molecule has 0 saturated heterocycles. The molecule has 0 aliphatic carbocycles. The van der Waals surface area contributed by atoms with E-state index in [1.54, 1.807) is 0 Å². The number of hydrogen-bond acceptors (Lipinski definition) is 4. The molecule has 0 aliphatic rings. The van der Waals surface area contributed by atoms with E-state index in [-0.39, 0.29) is 17.0 Å². The summed E-state index contributed by atoms with van der Waals surface area (Å²) in [4.78, 5) is 16.5. The van der Waals surface area contributed by atoms with Gasteiger partial charge in [0.15, 0.2) is 0 Å². The largest absolute Gasteiger partial charge is 0.240 e. The van der Waals surface area contributed by atoms with Gasteiger partial charge in [-0.2, -0.15) is 0 Å². The van der Waals surface area contributed by atoms with Gasteiger partial charge in [0.05, 0.1) is 7.11 Å². The lowest BCUT2D eigenvalue weighted by molar-refractivity contribution is -0.282. The molecule has 0 saturated carbocycles. The molecule has 0 N–H and O–H groups in total. The summed E-state index contributed by atoms with van der Waals surface area (Å²) in [7, 11) is 1.41. The molecule has 4 nitrogen and oxygen atoms in total. The molecular formula is C6H6Cl2N2O2. The summed E-state index contributed by atoms with van der Waals surface area (Å²) in [6, 6.07) is 0. The fraction of sp³-hybridized carbons (Fsp3) is 0.333. The van der Waals surface area contributed by atoms with Crippen LogP contribution in [0.2, 0.25) is 10.4 Å². The van der Waals surface area contributed by atoms with Gasteiger partial charge in [-0.1, -0.05) is 11.6 Å². The number of hydrogen-bond donors (Lipinski definition) is 0. The normalized spacial score (nSPS) is 10.2. The summed E-state index contributed by atoms with van der Waals surface area (Å²) in [5.74, 6) is 0. The molecular weight excluding hydrogens is 203 g/mol. The highest BCUT2D eigenvalue weighted by Gasteiger charge is 2.03. The van der Waals surface area contributed by atoms with E-state index in [1.807, 2.05) is 0 Å². The molecule has 0 unspecified atom stereocenters. The van der Waals surface area contributed by atoms with Crippen molar-refractivity contribution in [1.82, 2.24) is 9.97 Å². The first-order valence-corrected chi connectivity index (χ1v) is 3.82. The van der Waals surface area contributed by atoms with Crippen molar-refractivity contribution < 1.29 is 9.78 Å². The van der Waals surface area contributed by atoms with Crippen molar-refractivity contribution in [2.75, 3.05) is 7.11 Å². The highest BCUT2D eigenvalue weighted by atomic mass is 35.5. The van der Waals surface area contributed by atoms with E-state index in [2.05, 4.69) is 19.7 Å². The number of halogens is 2. The fourth-order valence-corrected chi connectivity index (χ4v) is 0.945. The predicted octanol–water partition coefficient (Wildman–Crippen LogP) is 1.86. The van der Waals surface area contributed by atoms with Gasteiger partial charge < -0.3 is 0 Å². The van der Waals surface area contributed by atoms with Crippen LogP contribution in [-0.4, -0.2) is 17.1 Å². The van der Waals surface area contributed by atoms with E-state index in [0.29, 0.717) is 5.56 Å². The van der Waals surface area contributed by atoms with Gasteiger partial charge in [-0.05, 0) is 11.6 Å². The average Bonchev–Trinajstić information content (AvgIpc) is 2.03. The third-order valence-electron chi connectivity index (χ3n) is 1.11. The second kappa shape index (κ2) is 4.57. The minimum absolute atomic E-state index is 0.112. The molecule has 1 aromatic heterocycles. The Balaban J connectivity index is 2.72. The van der Waals surface area contributed by atoms with Crippen molar-refractivity contribution in [3.05, 3.63) is 22.2 Å². The molecule has 0 aromatic carbocycles. The Hall–Kier alpha value is -0.420. The zero-order valence-corrected chi connectivity index (χ0v) is 7.76. The molecule has 6 heteroatoms. The van der Waals surface area contributed by atoms with Gasteiger partial charge in [-0.15, -0.1) is 0 Å². The molecule has 0 radical (unpaired) electrons. The van der Waals surface area contributed by atoms with E-state index in [4.69, 9.17) is 23.2 Å². The molecule has 0 atom stereocenters. The van der Waals surface area contributed by atoms with E-state index in [1.165, 1.54) is 13.3 Å². The van der Waals surface area contributed by atoms with Crippen LogP contribution in [0, 0.1) is 0 Å². The van der Waals surface area contributed by atoms with E-state index < -0.39 is 0 Å². The van der Waals surface area contributed by atoms with Crippen molar-refractivity contribution in [3.63, 3.8) is 0 Å². The van der Waals surface area contributed by atoms with Gasteiger partial charge in [-0.3, -0.25) is 0 Å². The van der Waals surface area contributed by atoms with Crippen LogP contribution in [0.25, 0.3) is 0 Å². The van der Waals surface area contributed by atoms with Crippen molar-refractivity contribution in [2.24, 2.45) is 0 Å². The van der Waals surface area contributed by atoms with E-state index in [0.717, 1.165) is 0 Å². The summed E-state index contributed by atoms with van der Waals surface area (Å²) in [5, 5.41) is 0.383. The lowest BCUT2D eigenvalue weighted by atomic mass is 10.4. The maximum absolute atomic E-state index is 5.69. The Labute approximate surface area is 79.4 Å². The third-order valence-corrected chi connectivity index (χ3v) is 1.62. The summed E-state index contributed by atoms with van der Waals surface area (Å²) in [6.07, 6.45) is 1.48. The third kappa shape index (κ3) is 2.57. The van der Waals surface area contributed by atoms with Crippen LogP contribution in [0.1, 0.15) is 5.56 Å². The Morgan fingerprint density at radius 2 is 2.25 bits per heavy atom. The van der Waals surface area contributed by atoms with Gasteiger partial charge in [0.1, 0.15) is 11.8 Å². The molecule has 1 rings (SSSR count). The fourth-order valence-electron chi connectivity index (χ4n) is 0.585. The maximum Gasteiger partial charge on any atom is 0.223 e. The first-order valence-electron chi connectivity index (χ1n) is 3.06. The van der Waals surface area contributed by atoms with Crippen molar-refractivity contribution in [1.29, 1.82) is 0 Å². The molecule has 0 bridgehead atoms. The minimum Gasteiger partial charge on any atom is -0.240 e. The molecule has 0 fully saturated rings. The molecule has 66 valence electrons. The number of rotatable bonds is 3. The van der Waals surface area contributed by atoms with Crippen LogP contribution < -0.4 is 0 Å². The molecule has 1 aromatic rings. The number of nitrogens with zero attached hydrogens (tertiary/aromatic N) is 2. The van der Waals surface area contributed by atoms with Gasteiger partial charge in [0, 0.05) is 11.8 Å². The predicted molar refractivity (Wildman–Crippen MR) is 43.9 cm³/mol. The average molecular weight is 209 g/mol. The highest BCUT2D eigenvalue weighted by Crippen LogP contribution is 2.14. The Kier molecular flexibility index (Phi) is 3.68. The summed E-state index contributed by atoms with van der Waals surface area (Å²) < 4.78 is 0. The van der Waals surface area contributed by atoms with Crippen LogP contribution in [0.5, 0.6) is 0 Å². The Morgan fingerprint density at radius 1 is 1.50 bits per heavy atom. The molecule has 0 spiro atoms. The van der Waals surface area contributed by atoms with Gasteiger partial charge in [0.2, 0.25) is 5.28 Å². The smallest absolute Gasteiger partial charge is 0.223 e. The Morgan fingerprint density at radius 3 is 2.83 bits per heavy atom. The van der Waals surface area contributed by atoms with Crippen LogP contribution in [0.4, 0.5) is 0 Å². The van der Waals surface area contributed by atoms with Crippen LogP contribution in [0.3, 0.4) is 0 Å².